The normalized spacial score (nSPS) is 13.9. The van der Waals surface area contributed by atoms with Crippen molar-refractivity contribution >= 4 is 11.7 Å². The Morgan fingerprint density at radius 3 is 2.21 bits per heavy atom. The molecule has 0 rings (SSSR count). The minimum Gasteiger partial charge on any atom is -0.409 e. The molecule has 3 N–H and O–H groups in total. The maximum Gasteiger partial charge on any atom is 0.233 e. The summed E-state index contributed by atoms with van der Waals surface area (Å²) in [6.07, 6.45) is 0.889. The standard InChI is InChI=1S/C13H28N4O2/c1-6-7-17(9-8-16(4)5)13(18)11(10(2)3)12(14)15-19/h10-11,19H,6-9H2,1-5H3,(H2,14,15). The number of carbonyl (C=O) groups excluding carboxylic acids is 1. The van der Waals surface area contributed by atoms with E-state index in [2.05, 4.69) is 5.16 Å². The van der Waals surface area contributed by atoms with Gasteiger partial charge in [0.05, 0.1) is 0 Å². The molecule has 0 aromatic carbocycles. The molecule has 6 nitrogen and oxygen atoms in total. The van der Waals surface area contributed by atoms with E-state index in [1.807, 2.05) is 39.8 Å². The number of nitrogens with two attached hydrogens (primary N) is 1. The second-order valence-electron chi connectivity index (χ2n) is 5.38. The van der Waals surface area contributed by atoms with Crippen LogP contribution in [0.15, 0.2) is 5.16 Å². The number of hydrogen-bond acceptors (Lipinski definition) is 4. The highest BCUT2D eigenvalue weighted by Crippen LogP contribution is 2.15. The molecule has 19 heavy (non-hydrogen) atoms. The van der Waals surface area contributed by atoms with Gasteiger partial charge in [0.1, 0.15) is 5.92 Å². The third kappa shape index (κ3) is 5.92. The summed E-state index contributed by atoms with van der Waals surface area (Å²) in [5.41, 5.74) is 5.65. The molecule has 1 amide bonds. The van der Waals surface area contributed by atoms with Crippen LogP contribution >= 0.6 is 0 Å². The molecule has 0 radical (unpaired) electrons. The van der Waals surface area contributed by atoms with Gasteiger partial charge in [-0.15, -0.1) is 0 Å². The van der Waals surface area contributed by atoms with Crippen LogP contribution in [-0.4, -0.2) is 60.5 Å². The lowest BCUT2D eigenvalue weighted by Gasteiger charge is -2.29. The summed E-state index contributed by atoms with van der Waals surface area (Å²) >= 11 is 0. The SMILES string of the molecule is CCCN(CCN(C)C)C(=O)C(C(N)=NO)C(C)C. The minimum absolute atomic E-state index is 0.00196. The summed E-state index contributed by atoms with van der Waals surface area (Å²) in [7, 11) is 3.94. The first-order valence-electron chi connectivity index (χ1n) is 6.76. The Morgan fingerprint density at radius 1 is 1.26 bits per heavy atom. The zero-order chi connectivity index (χ0) is 15.0. The predicted molar refractivity (Wildman–Crippen MR) is 77.2 cm³/mol. The van der Waals surface area contributed by atoms with Crippen LogP contribution in [0.5, 0.6) is 0 Å². The van der Waals surface area contributed by atoms with Crippen molar-refractivity contribution in [2.45, 2.75) is 27.2 Å². The van der Waals surface area contributed by atoms with Gasteiger partial charge in [-0.1, -0.05) is 25.9 Å². The molecule has 0 aliphatic heterocycles. The van der Waals surface area contributed by atoms with Gasteiger partial charge in [-0.3, -0.25) is 4.79 Å². The van der Waals surface area contributed by atoms with E-state index >= 15 is 0 Å². The lowest BCUT2D eigenvalue weighted by atomic mass is 9.93. The van der Waals surface area contributed by atoms with Gasteiger partial charge >= 0.3 is 0 Å². The third-order valence-electron chi connectivity index (χ3n) is 2.99. The quantitative estimate of drug-likeness (QED) is 0.296. The molecule has 0 spiro atoms. The summed E-state index contributed by atoms with van der Waals surface area (Å²) in [4.78, 5) is 16.3. The zero-order valence-electron chi connectivity index (χ0n) is 12.8. The monoisotopic (exact) mass is 272 g/mol. The van der Waals surface area contributed by atoms with E-state index in [-0.39, 0.29) is 17.7 Å². The molecule has 112 valence electrons. The van der Waals surface area contributed by atoms with Crippen molar-refractivity contribution in [3.05, 3.63) is 0 Å². The van der Waals surface area contributed by atoms with Gasteiger partial charge in [-0.05, 0) is 26.4 Å². The molecular weight excluding hydrogens is 244 g/mol. The third-order valence-corrected chi connectivity index (χ3v) is 2.99. The highest BCUT2D eigenvalue weighted by Gasteiger charge is 2.30. The molecule has 0 saturated heterocycles. The van der Waals surface area contributed by atoms with E-state index in [1.54, 1.807) is 4.90 Å². The van der Waals surface area contributed by atoms with Crippen LogP contribution in [0.2, 0.25) is 0 Å². The Balaban J connectivity index is 4.92. The Labute approximate surface area is 116 Å². The van der Waals surface area contributed by atoms with Gasteiger partial charge in [-0.2, -0.15) is 0 Å². The highest BCUT2D eigenvalue weighted by molar-refractivity contribution is 6.02. The first kappa shape index (κ1) is 17.7. The fourth-order valence-corrected chi connectivity index (χ4v) is 1.93. The van der Waals surface area contributed by atoms with Crippen molar-refractivity contribution in [3.8, 4) is 0 Å². The molecule has 0 heterocycles. The number of oxime groups is 1. The first-order valence-corrected chi connectivity index (χ1v) is 6.76. The number of nitrogens with zero attached hydrogens (tertiary/aromatic N) is 3. The molecule has 0 aromatic heterocycles. The molecule has 6 heteroatoms. The number of amides is 1. The fraction of sp³-hybridized carbons (Fsp3) is 0.846. The molecule has 0 aromatic rings. The van der Waals surface area contributed by atoms with Crippen molar-refractivity contribution in [2.75, 3.05) is 33.7 Å². The van der Waals surface area contributed by atoms with Gasteiger partial charge in [0.2, 0.25) is 5.91 Å². The Hall–Kier alpha value is -1.30. The maximum absolute atomic E-state index is 12.5. The number of carbonyl (C=O) groups is 1. The lowest BCUT2D eigenvalue weighted by molar-refractivity contribution is -0.134. The Morgan fingerprint density at radius 2 is 1.84 bits per heavy atom. The van der Waals surface area contributed by atoms with Crippen LogP contribution in [-0.2, 0) is 4.79 Å². The topological polar surface area (TPSA) is 82.2 Å². The fourth-order valence-electron chi connectivity index (χ4n) is 1.93. The number of hydrogen-bond donors (Lipinski definition) is 2. The van der Waals surface area contributed by atoms with Gasteiger partial charge in [0.15, 0.2) is 5.84 Å². The summed E-state index contributed by atoms with van der Waals surface area (Å²) in [5.74, 6) is -0.624. The van der Waals surface area contributed by atoms with Crippen LogP contribution in [0.3, 0.4) is 0 Å². The second kappa shape index (κ2) is 8.74. The van der Waals surface area contributed by atoms with Crippen LogP contribution in [0.25, 0.3) is 0 Å². The number of amidine groups is 1. The van der Waals surface area contributed by atoms with Crippen molar-refractivity contribution in [3.63, 3.8) is 0 Å². The molecular formula is C13H28N4O2. The molecule has 1 unspecified atom stereocenters. The van der Waals surface area contributed by atoms with Crippen LogP contribution in [0.4, 0.5) is 0 Å². The summed E-state index contributed by atoms with van der Waals surface area (Å²) in [6, 6.07) is 0. The summed E-state index contributed by atoms with van der Waals surface area (Å²) < 4.78 is 0. The van der Waals surface area contributed by atoms with Crippen molar-refractivity contribution in [1.29, 1.82) is 0 Å². The molecule has 0 aliphatic rings. The Bertz CT molecular complexity index is 303. The minimum atomic E-state index is -0.557. The average molecular weight is 272 g/mol. The van der Waals surface area contributed by atoms with Gasteiger partial charge in [0.25, 0.3) is 0 Å². The van der Waals surface area contributed by atoms with Crippen molar-refractivity contribution in [1.82, 2.24) is 9.80 Å². The summed E-state index contributed by atoms with van der Waals surface area (Å²) in [6.45, 7) is 7.97. The zero-order valence-corrected chi connectivity index (χ0v) is 12.8. The van der Waals surface area contributed by atoms with Gasteiger partial charge < -0.3 is 20.7 Å². The molecule has 1 atom stereocenters. The van der Waals surface area contributed by atoms with E-state index in [0.29, 0.717) is 13.1 Å². The molecule has 0 bridgehead atoms. The smallest absolute Gasteiger partial charge is 0.233 e. The van der Waals surface area contributed by atoms with E-state index in [1.165, 1.54) is 0 Å². The number of rotatable bonds is 8. The van der Waals surface area contributed by atoms with Crippen LogP contribution in [0, 0.1) is 11.8 Å². The predicted octanol–water partition coefficient (Wildman–Crippen LogP) is 0.805. The van der Waals surface area contributed by atoms with Crippen molar-refractivity contribution in [2.24, 2.45) is 22.7 Å². The van der Waals surface area contributed by atoms with Gasteiger partial charge in [-0.25, -0.2) is 0 Å². The Kier molecular flexibility index (Phi) is 8.14. The van der Waals surface area contributed by atoms with E-state index in [4.69, 9.17) is 10.9 Å². The second-order valence-corrected chi connectivity index (χ2v) is 5.38. The van der Waals surface area contributed by atoms with E-state index < -0.39 is 5.92 Å². The van der Waals surface area contributed by atoms with E-state index in [0.717, 1.165) is 13.0 Å². The van der Waals surface area contributed by atoms with E-state index in [9.17, 15) is 4.79 Å². The first-order chi connectivity index (χ1) is 8.84. The molecule has 0 saturated carbocycles. The lowest BCUT2D eigenvalue weighted by Crippen LogP contribution is -2.46. The molecule has 0 fully saturated rings. The maximum atomic E-state index is 12.5. The van der Waals surface area contributed by atoms with Crippen molar-refractivity contribution < 1.29 is 10.0 Å². The largest absolute Gasteiger partial charge is 0.409 e. The van der Waals surface area contributed by atoms with Gasteiger partial charge in [0, 0.05) is 19.6 Å². The molecule has 0 aliphatic carbocycles. The number of likely N-dealkylation sites (N-methyl/N-ethyl adjacent to an activating group) is 1. The van der Waals surface area contributed by atoms with Crippen LogP contribution in [0.1, 0.15) is 27.2 Å². The summed E-state index contributed by atoms with van der Waals surface area (Å²) in [5, 5.41) is 11.8. The average Bonchev–Trinajstić information content (AvgIpc) is 2.33. The van der Waals surface area contributed by atoms with Crippen LogP contribution < -0.4 is 5.73 Å². The highest BCUT2D eigenvalue weighted by atomic mass is 16.4.